The number of fused-ring (bicyclic) bond motifs is 7. The third-order valence-electron chi connectivity index (χ3n) is 7.07. The Morgan fingerprint density at radius 1 is 0.488 bits per heavy atom. The number of ether oxygens (including phenoxy) is 5. The highest BCUT2D eigenvalue weighted by Crippen LogP contribution is 2.45. The largest absolute Gasteiger partial charge is 0.483 e. The second kappa shape index (κ2) is 15.9. The number of amides is 2. The van der Waals surface area contributed by atoms with Crippen molar-refractivity contribution in [1.82, 2.24) is 10.6 Å². The van der Waals surface area contributed by atoms with Gasteiger partial charge in [0, 0.05) is 37.4 Å². The molecule has 4 aromatic carbocycles. The molecule has 4 aromatic rings. The first kappa shape index (κ1) is 30.3. The van der Waals surface area contributed by atoms with Gasteiger partial charge in [0.25, 0.3) is 11.8 Å². The Morgan fingerprint density at radius 2 is 0.907 bits per heavy atom. The van der Waals surface area contributed by atoms with Gasteiger partial charge in [-0.05, 0) is 46.5 Å². The van der Waals surface area contributed by atoms with Gasteiger partial charge in [-0.15, -0.1) is 0 Å². The molecule has 5 rings (SSSR count). The minimum atomic E-state index is -0.223. The van der Waals surface area contributed by atoms with Crippen LogP contribution in [0, 0.1) is 0 Å². The molecule has 43 heavy (non-hydrogen) atoms. The van der Waals surface area contributed by atoms with E-state index in [1.54, 1.807) is 0 Å². The van der Waals surface area contributed by atoms with Crippen LogP contribution in [0.2, 0.25) is 0 Å². The zero-order chi connectivity index (χ0) is 29.7. The molecule has 0 saturated heterocycles. The van der Waals surface area contributed by atoms with Crippen molar-refractivity contribution in [2.45, 2.75) is 12.8 Å². The molecular formula is C34H38N2O7. The SMILES string of the molecule is O=C1COc2ccc3ccccc3c2-c2c(ccc3ccccc23)OCC(=O)NCCCOCCOCCOCCCN1. The van der Waals surface area contributed by atoms with Crippen LogP contribution in [-0.2, 0) is 23.8 Å². The summed E-state index contributed by atoms with van der Waals surface area (Å²) in [5.41, 5.74) is 1.60. The number of carbonyl (C=O) groups excluding carboxylic acids is 2. The lowest BCUT2D eigenvalue weighted by molar-refractivity contribution is -0.123. The summed E-state index contributed by atoms with van der Waals surface area (Å²) >= 11 is 0. The zero-order valence-electron chi connectivity index (χ0n) is 24.3. The third kappa shape index (κ3) is 8.44. The monoisotopic (exact) mass is 586 g/mol. The van der Waals surface area contributed by atoms with Gasteiger partial charge in [0.1, 0.15) is 11.5 Å². The van der Waals surface area contributed by atoms with E-state index in [2.05, 4.69) is 10.6 Å². The molecule has 226 valence electrons. The van der Waals surface area contributed by atoms with Crippen LogP contribution in [-0.4, -0.2) is 77.8 Å². The van der Waals surface area contributed by atoms with E-state index in [1.807, 2.05) is 72.8 Å². The standard InChI is InChI=1S/C34H38N2O7/c37-31-23-42-29-13-11-25-7-1-3-9-27(25)33(29)34-28-10-4-2-8-26(28)12-14-30(34)43-24-32(38)36-16-6-18-40-20-22-41-21-19-39-17-5-15-35-31/h1-4,7-14H,5-6,15-24H2,(H,35,37)(H,36,38). The Hall–Kier alpha value is -4.18. The predicted octanol–water partition coefficient (Wildman–Crippen LogP) is 4.49. The maximum absolute atomic E-state index is 12.7. The summed E-state index contributed by atoms with van der Waals surface area (Å²) in [6.07, 6.45) is 1.36. The molecule has 0 fully saturated rings. The van der Waals surface area contributed by atoms with Crippen molar-refractivity contribution < 1.29 is 33.3 Å². The summed E-state index contributed by atoms with van der Waals surface area (Å²) in [4.78, 5) is 25.4. The lowest BCUT2D eigenvalue weighted by atomic mass is 9.92. The lowest BCUT2D eigenvalue weighted by Gasteiger charge is -2.19. The van der Waals surface area contributed by atoms with Gasteiger partial charge in [-0.2, -0.15) is 0 Å². The molecule has 9 heteroatoms. The Kier molecular flexibility index (Phi) is 11.2. The van der Waals surface area contributed by atoms with Gasteiger partial charge in [0.05, 0.1) is 26.4 Å². The first-order valence-electron chi connectivity index (χ1n) is 14.8. The summed E-state index contributed by atoms with van der Waals surface area (Å²) in [5.74, 6) is 0.653. The Morgan fingerprint density at radius 3 is 1.37 bits per heavy atom. The van der Waals surface area contributed by atoms with Crippen LogP contribution in [0.1, 0.15) is 12.8 Å². The fraction of sp³-hybridized carbons (Fsp3) is 0.353. The van der Waals surface area contributed by atoms with Gasteiger partial charge in [-0.1, -0.05) is 60.7 Å². The molecule has 0 aliphatic carbocycles. The molecular weight excluding hydrogens is 548 g/mol. The first-order chi connectivity index (χ1) is 21.2. The summed E-state index contributed by atoms with van der Waals surface area (Å²) < 4.78 is 29.0. The molecule has 0 bridgehead atoms. The smallest absolute Gasteiger partial charge is 0.257 e. The minimum absolute atomic E-state index is 0.147. The quantitative estimate of drug-likeness (QED) is 0.313. The Balaban J connectivity index is 1.45. The van der Waals surface area contributed by atoms with Crippen molar-refractivity contribution in [3.05, 3.63) is 72.8 Å². The highest BCUT2D eigenvalue weighted by Gasteiger charge is 2.20. The average Bonchev–Trinajstić information content (AvgIpc) is 3.03. The fourth-order valence-corrected chi connectivity index (χ4v) is 4.99. The molecule has 0 unspecified atom stereocenters. The molecule has 2 N–H and O–H groups in total. The van der Waals surface area contributed by atoms with Crippen LogP contribution in [0.15, 0.2) is 72.8 Å². The summed E-state index contributed by atoms with van der Waals surface area (Å²) in [6, 6.07) is 23.8. The molecule has 0 radical (unpaired) electrons. The number of benzene rings is 4. The Bertz CT molecular complexity index is 1410. The maximum atomic E-state index is 12.7. The van der Waals surface area contributed by atoms with Crippen LogP contribution < -0.4 is 20.1 Å². The average molecular weight is 587 g/mol. The molecule has 1 aliphatic rings. The number of nitrogens with one attached hydrogen (secondary N) is 2. The van der Waals surface area contributed by atoms with E-state index >= 15 is 0 Å². The van der Waals surface area contributed by atoms with E-state index in [4.69, 9.17) is 23.7 Å². The normalized spacial score (nSPS) is 17.2. The molecule has 1 heterocycles. The van der Waals surface area contributed by atoms with Gasteiger partial charge in [0.2, 0.25) is 0 Å². The second-order valence-electron chi connectivity index (χ2n) is 10.1. The van der Waals surface area contributed by atoms with E-state index in [0.29, 0.717) is 77.1 Å². The molecule has 0 saturated carbocycles. The highest BCUT2D eigenvalue weighted by atomic mass is 16.5. The molecule has 9 nitrogen and oxygen atoms in total. The van der Waals surface area contributed by atoms with Crippen LogP contribution in [0.3, 0.4) is 0 Å². The van der Waals surface area contributed by atoms with Gasteiger partial charge < -0.3 is 34.3 Å². The maximum Gasteiger partial charge on any atom is 0.257 e. The van der Waals surface area contributed by atoms with Gasteiger partial charge in [0.15, 0.2) is 13.2 Å². The summed E-state index contributed by atoms with van der Waals surface area (Å²) in [5, 5.41) is 9.73. The zero-order valence-corrected chi connectivity index (χ0v) is 24.3. The van der Waals surface area contributed by atoms with Crippen molar-refractivity contribution in [2.24, 2.45) is 0 Å². The molecule has 0 aromatic heterocycles. The van der Waals surface area contributed by atoms with Crippen molar-refractivity contribution in [2.75, 3.05) is 65.9 Å². The molecule has 1 aliphatic heterocycles. The molecule has 2 amide bonds. The van der Waals surface area contributed by atoms with Crippen molar-refractivity contribution in [1.29, 1.82) is 0 Å². The number of carbonyl (C=O) groups is 2. The van der Waals surface area contributed by atoms with Crippen molar-refractivity contribution in [3.63, 3.8) is 0 Å². The van der Waals surface area contributed by atoms with Crippen LogP contribution >= 0.6 is 0 Å². The predicted molar refractivity (Wildman–Crippen MR) is 166 cm³/mol. The Labute approximate surface area is 251 Å². The lowest BCUT2D eigenvalue weighted by Crippen LogP contribution is -2.30. The van der Waals surface area contributed by atoms with Crippen LogP contribution in [0.4, 0.5) is 0 Å². The number of hydrogen-bond donors (Lipinski definition) is 2. The second-order valence-corrected chi connectivity index (χ2v) is 10.1. The van der Waals surface area contributed by atoms with Gasteiger partial charge in [-0.25, -0.2) is 0 Å². The van der Waals surface area contributed by atoms with E-state index in [9.17, 15) is 9.59 Å². The van der Waals surface area contributed by atoms with E-state index in [1.165, 1.54) is 0 Å². The molecule has 0 atom stereocenters. The third-order valence-corrected chi connectivity index (χ3v) is 7.07. The summed E-state index contributed by atoms with van der Waals surface area (Å²) in [7, 11) is 0. The van der Waals surface area contributed by atoms with Gasteiger partial charge >= 0.3 is 0 Å². The first-order valence-corrected chi connectivity index (χ1v) is 14.8. The van der Waals surface area contributed by atoms with Crippen LogP contribution in [0.25, 0.3) is 32.7 Å². The summed E-state index contributed by atoms with van der Waals surface area (Å²) in [6.45, 7) is 3.61. The van der Waals surface area contributed by atoms with E-state index < -0.39 is 0 Å². The number of rotatable bonds is 0. The van der Waals surface area contributed by atoms with E-state index in [-0.39, 0.29) is 25.0 Å². The van der Waals surface area contributed by atoms with E-state index in [0.717, 1.165) is 32.7 Å². The fourth-order valence-electron chi connectivity index (χ4n) is 4.99. The highest BCUT2D eigenvalue weighted by molar-refractivity contribution is 6.09. The molecule has 0 spiro atoms. The van der Waals surface area contributed by atoms with Crippen LogP contribution in [0.5, 0.6) is 11.5 Å². The van der Waals surface area contributed by atoms with Crippen molar-refractivity contribution >= 4 is 33.4 Å². The minimum Gasteiger partial charge on any atom is -0.483 e. The number of hydrogen-bond acceptors (Lipinski definition) is 7. The van der Waals surface area contributed by atoms with Gasteiger partial charge in [-0.3, -0.25) is 9.59 Å². The topological polar surface area (TPSA) is 104 Å². The van der Waals surface area contributed by atoms with Crippen molar-refractivity contribution in [3.8, 4) is 22.6 Å².